The zero-order valence-electron chi connectivity index (χ0n) is 15.4. The van der Waals surface area contributed by atoms with Gasteiger partial charge in [0, 0.05) is 23.9 Å². The summed E-state index contributed by atoms with van der Waals surface area (Å²) in [6.07, 6.45) is 0. The first-order valence-corrected chi connectivity index (χ1v) is 8.72. The van der Waals surface area contributed by atoms with Gasteiger partial charge in [0.05, 0.1) is 18.1 Å². The van der Waals surface area contributed by atoms with Crippen LogP contribution in [-0.2, 0) is 13.2 Å². The molecule has 7 heteroatoms. The van der Waals surface area contributed by atoms with E-state index in [2.05, 4.69) is 10.9 Å². The summed E-state index contributed by atoms with van der Waals surface area (Å²) in [6.45, 7) is 0.840. The Morgan fingerprint density at radius 2 is 1.82 bits per heavy atom. The van der Waals surface area contributed by atoms with E-state index in [4.69, 9.17) is 9.47 Å². The van der Waals surface area contributed by atoms with E-state index in [-0.39, 0.29) is 12.3 Å². The van der Waals surface area contributed by atoms with Crippen LogP contribution in [0.3, 0.4) is 0 Å². The van der Waals surface area contributed by atoms with Gasteiger partial charge in [-0.1, -0.05) is 30.3 Å². The maximum Gasteiger partial charge on any atom is 0.273 e. The third kappa shape index (κ3) is 5.21. The zero-order valence-corrected chi connectivity index (χ0v) is 15.4. The molecule has 0 heterocycles. The van der Waals surface area contributed by atoms with Gasteiger partial charge in [-0.05, 0) is 35.9 Å². The molecule has 0 atom stereocenters. The van der Waals surface area contributed by atoms with Gasteiger partial charge < -0.3 is 14.9 Å². The van der Waals surface area contributed by atoms with Crippen molar-refractivity contribution in [2.75, 3.05) is 12.5 Å². The van der Waals surface area contributed by atoms with Gasteiger partial charge in [0.1, 0.15) is 18.1 Å². The minimum absolute atomic E-state index is 0.00518. The van der Waals surface area contributed by atoms with Crippen molar-refractivity contribution in [1.82, 2.24) is 5.43 Å². The van der Waals surface area contributed by atoms with Gasteiger partial charge in [-0.3, -0.25) is 10.1 Å². The Labute approximate surface area is 163 Å². The van der Waals surface area contributed by atoms with Crippen LogP contribution in [0.2, 0.25) is 0 Å². The molecule has 0 aliphatic heterocycles. The number of benzene rings is 3. The van der Waals surface area contributed by atoms with Crippen molar-refractivity contribution < 1.29 is 14.4 Å². The number of nitrogens with one attached hydrogen (secondary N) is 2. The molecule has 0 unspecified atom stereocenters. The Bertz CT molecular complexity index is 932. The number of nitrogens with zero attached hydrogens (tertiary/aromatic N) is 1. The van der Waals surface area contributed by atoms with E-state index in [1.54, 1.807) is 19.2 Å². The summed E-state index contributed by atoms with van der Waals surface area (Å²) in [5.41, 5.74) is 9.18. The van der Waals surface area contributed by atoms with Gasteiger partial charge in [-0.15, -0.1) is 0 Å². The van der Waals surface area contributed by atoms with Gasteiger partial charge in [0.15, 0.2) is 0 Å². The summed E-state index contributed by atoms with van der Waals surface area (Å²) in [7, 11) is 1.60. The SMILES string of the molecule is COc1ccc(CNNc2ccccc2)cc1COc1cccc([N+](=O)[O-])c1. The van der Waals surface area contributed by atoms with Crippen LogP contribution < -0.4 is 20.3 Å². The van der Waals surface area contributed by atoms with Crippen molar-refractivity contribution >= 4 is 11.4 Å². The van der Waals surface area contributed by atoms with Crippen LogP contribution in [0, 0.1) is 10.1 Å². The van der Waals surface area contributed by atoms with E-state index >= 15 is 0 Å². The number of hydrogen-bond acceptors (Lipinski definition) is 6. The van der Waals surface area contributed by atoms with Crippen molar-refractivity contribution in [1.29, 1.82) is 0 Å². The summed E-state index contributed by atoms with van der Waals surface area (Å²) in [6, 6.07) is 21.8. The second-order valence-corrected chi connectivity index (χ2v) is 6.03. The van der Waals surface area contributed by atoms with Crippen LogP contribution in [0.4, 0.5) is 11.4 Å². The number of methoxy groups -OCH3 is 1. The maximum absolute atomic E-state index is 10.9. The van der Waals surface area contributed by atoms with Crippen molar-refractivity contribution in [3.63, 3.8) is 0 Å². The lowest BCUT2D eigenvalue weighted by molar-refractivity contribution is -0.384. The van der Waals surface area contributed by atoms with Gasteiger partial charge >= 0.3 is 0 Å². The van der Waals surface area contributed by atoms with Crippen LogP contribution >= 0.6 is 0 Å². The monoisotopic (exact) mass is 379 g/mol. The number of rotatable bonds is 9. The van der Waals surface area contributed by atoms with E-state index in [1.165, 1.54) is 12.1 Å². The number of ether oxygens (including phenoxy) is 2. The molecule has 3 aromatic carbocycles. The molecule has 0 radical (unpaired) electrons. The van der Waals surface area contributed by atoms with E-state index in [9.17, 15) is 10.1 Å². The average molecular weight is 379 g/mol. The zero-order chi connectivity index (χ0) is 19.8. The van der Waals surface area contributed by atoms with E-state index in [1.807, 2.05) is 48.5 Å². The first kappa shape index (κ1) is 19.2. The molecule has 28 heavy (non-hydrogen) atoms. The third-order valence-electron chi connectivity index (χ3n) is 4.07. The van der Waals surface area contributed by atoms with Crippen LogP contribution in [0.5, 0.6) is 11.5 Å². The van der Waals surface area contributed by atoms with Gasteiger partial charge in [0.25, 0.3) is 5.69 Å². The molecule has 3 rings (SSSR count). The molecule has 0 saturated heterocycles. The van der Waals surface area contributed by atoms with E-state index in [0.717, 1.165) is 16.8 Å². The molecule has 0 spiro atoms. The Morgan fingerprint density at radius 3 is 2.57 bits per heavy atom. The molecule has 0 aliphatic carbocycles. The van der Waals surface area contributed by atoms with Gasteiger partial charge in [-0.25, -0.2) is 5.43 Å². The van der Waals surface area contributed by atoms with Gasteiger partial charge in [-0.2, -0.15) is 0 Å². The molecule has 0 bridgehead atoms. The van der Waals surface area contributed by atoms with E-state index < -0.39 is 4.92 Å². The molecule has 7 nitrogen and oxygen atoms in total. The molecule has 0 aliphatic rings. The van der Waals surface area contributed by atoms with E-state index in [0.29, 0.717) is 18.0 Å². The quantitative estimate of drug-likeness (QED) is 0.426. The Hall–Kier alpha value is -3.58. The van der Waals surface area contributed by atoms with Crippen LogP contribution in [0.1, 0.15) is 11.1 Å². The summed E-state index contributed by atoms with van der Waals surface area (Å²) in [5.74, 6) is 1.13. The second-order valence-electron chi connectivity index (χ2n) is 6.03. The van der Waals surface area contributed by atoms with Crippen molar-refractivity contribution in [3.8, 4) is 11.5 Å². The molecule has 0 aromatic heterocycles. The molecule has 0 fully saturated rings. The average Bonchev–Trinajstić information content (AvgIpc) is 2.73. The smallest absolute Gasteiger partial charge is 0.273 e. The molecular formula is C21H21N3O4. The first-order chi connectivity index (χ1) is 13.7. The maximum atomic E-state index is 10.9. The van der Waals surface area contributed by atoms with Crippen LogP contribution in [0.25, 0.3) is 0 Å². The number of hydrazine groups is 1. The van der Waals surface area contributed by atoms with Crippen LogP contribution in [-0.4, -0.2) is 12.0 Å². The molecule has 144 valence electrons. The molecule has 0 saturated carbocycles. The second kappa shape index (κ2) is 9.38. The summed E-state index contributed by atoms with van der Waals surface area (Å²) in [5, 5.41) is 10.9. The van der Waals surface area contributed by atoms with Crippen molar-refractivity contribution in [2.45, 2.75) is 13.2 Å². The standard InChI is InChI=1S/C21H21N3O4/c1-27-21-11-10-16(14-22-23-18-6-3-2-4-7-18)12-17(21)15-28-20-9-5-8-19(13-20)24(25)26/h2-13,22-23H,14-15H2,1H3. The van der Waals surface area contributed by atoms with Gasteiger partial charge in [0.2, 0.25) is 0 Å². The predicted molar refractivity (Wildman–Crippen MR) is 107 cm³/mol. The van der Waals surface area contributed by atoms with Crippen LogP contribution in [0.15, 0.2) is 72.8 Å². The Balaban J connectivity index is 1.64. The highest BCUT2D eigenvalue weighted by molar-refractivity contribution is 5.42. The lowest BCUT2D eigenvalue weighted by atomic mass is 10.1. The lowest BCUT2D eigenvalue weighted by Gasteiger charge is -2.13. The highest BCUT2D eigenvalue weighted by Crippen LogP contribution is 2.24. The summed E-state index contributed by atoms with van der Waals surface area (Å²) in [4.78, 5) is 10.4. The number of nitro groups is 1. The summed E-state index contributed by atoms with van der Waals surface area (Å²) >= 11 is 0. The fourth-order valence-corrected chi connectivity index (χ4v) is 2.67. The molecule has 3 aromatic rings. The topological polar surface area (TPSA) is 85.7 Å². The summed E-state index contributed by atoms with van der Waals surface area (Å²) < 4.78 is 11.1. The Morgan fingerprint density at radius 1 is 1.00 bits per heavy atom. The first-order valence-electron chi connectivity index (χ1n) is 8.72. The number of hydrogen-bond donors (Lipinski definition) is 2. The van der Waals surface area contributed by atoms with Crippen molar-refractivity contribution in [2.24, 2.45) is 0 Å². The minimum atomic E-state index is -0.445. The largest absolute Gasteiger partial charge is 0.496 e. The fourth-order valence-electron chi connectivity index (χ4n) is 2.67. The Kier molecular flexibility index (Phi) is 6.43. The predicted octanol–water partition coefficient (Wildman–Crippen LogP) is 4.30. The minimum Gasteiger partial charge on any atom is -0.496 e. The molecular weight excluding hydrogens is 358 g/mol. The molecule has 2 N–H and O–H groups in total. The lowest BCUT2D eigenvalue weighted by Crippen LogP contribution is -2.20. The number of anilines is 1. The number of non-ortho nitro benzene ring substituents is 1. The third-order valence-corrected chi connectivity index (χ3v) is 4.07. The number of nitro benzene ring substituents is 1. The highest BCUT2D eigenvalue weighted by atomic mass is 16.6. The highest BCUT2D eigenvalue weighted by Gasteiger charge is 2.09. The van der Waals surface area contributed by atoms with Crippen molar-refractivity contribution in [3.05, 3.63) is 94.0 Å². The normalized spacial score (nSPS) is 10.3. The fraction of sp³-hybridized carbons (Fsp3) is 0.143. The number of para-hydroxylation sites is 1. The molecule has 0 amide bonds.